The van der Waals surface area contributed by atoms with Gasteiger partial charge in [-0.25, -0.2) is 0 Å². The molecule has 0 atom stereocenters. The van der Waals surface area contributed by atoms with Gasteiger partial charge < -0.3 is 15.5 Å². The van der Waals surface area contributed by atoms with Crippen molar-refractivity contribution in [2.24, 2.45) is 0 Å². The number of hydrogen-bond donors (Lipinski definition) is 2. The van der Waals surface area contributed by atoms with Crippen LogP contribution in [0.2, 0.25) is 0 Å². The minimum Gasteiger partial charge on any atom is -0.343 e. The molecule has 4 rings (SSSR count). The Bertz CT molecular complexity index is 1110. The van der Waals surface area contributed by atoms with Crippen LogP contribution < -0.4 is 10.6 Å². The zero-order valence-corrected chi connectivity index (χ0v) is 18.9. The van der Waals surface area contributed by atoms with Gasteiger partial charge in [-0.15, -0.1) is 0 Å². The van der Waals surface area contributed by atoms with Crippen molar-refractivity contribution in [3.05, 3.63) is 90.5 Å². The predicted molar refractivity (Wildman–Crippen MR) is 132 cm³/mol. The molecular weight excluding hydrogens is 428 g/mol. The van der Waals surface area contributed by atoms with Crippen LogP contribution in [0.15, 0.2) is 84.9 Å². The minimum atomic E-state index is -0.274. The fourth-order valence-electron chi connectivity index (χ4n) is 3.89. The van der Waals surface area contributed by atoms with Crippen LogP contribution in [-0.2, 0) is 9.59 Å². The van der Waals surface area contributed by atoms with Crippen LogP contribution in [0.25, 0.3) is 11.1 Å². The van der Waals surface area contributed by atoms with E-state index in [0.717, 1.165) is 16.8 Å². The average molecular weight is 457 g/mol. The maximum absolute atomic E-state index is 12.6. The first-order chi connectivity index (χ1) is 16.6. The van der Waals surface area contributed by atoms with Crippen LogP contribution in [0.4, 0.5) is 5.69 Å². The lowest BCUT2D eigenvalue weighted by molar-refractivity contribution is -0.132. The average Bonchev–Trinajstić information content (AvgIpc) is 2.88. The molecule has 1 saturated heterocycles. The van der Waals surface area contributed by atoms with Crippen LogP contribution in [-0.4, -0.2) is 66.8 Å². The zero-order chi connectivity index (χ0) is 23.8. The second kappa shape index (κ2) is 11.2. The summed E-state index contributed by atoms with van der Waals surface area (Å²) in [5, 5.41) is 5.59. The van der Waals surface area contributed by atoms with Gasteiger partial charge in [0.1, 0.15) is 0 Å². The molecule has 0 aromatic heterocycles. The van der Waals surface area contributed by atoms with Crippen LogP contribution in [0.1, 0.15) is 10.4 Å². The first kappa shape index (κ1) is 23.2. The molecule has 3 amide bonds. The van der Waals surface area contributed by atoms with E-state index in [1.807, 2.05) is 77.7 Å². The van der Waals surface area contributed by atoms with Gasteiger partial charge in [-0.1, -0.05) is 60.7 Å². The fourth-order valence-corrected chi connectivity index (χ4v) is 3.89. The van der Waals surface area contributed by atoms with Crippen LogP contribution in [0, 0.1) is 0 Å². The van der Waals surface area contributed by atoms with Crippen molar-refractivity contribution in [1.29, 1.82) is 0 Å². The number of para-hydroxylation sites is 1. The van der Waals surface area contributed by atoms with Gasteiger partial charge in [0.25, 0.3) is 5.91 Å². The van der Waals surface area contributed by atoms with Gasteiger partial charge in [-0.3, -0.25) is 19.3 Å². The van der Waals surface area contributed by atoms with E-state index in [-0.39, 0.29) is 30.8 Å². The summed E-state index contributed by atoms with van der Waals surface area (Å²) in [6, 6.07) is 26.6. The number of rotatable bonds is 7. The Hall–Kier alpha value is -3.97. The zero-order valence-electron chi connectivity index (χ0n) is 18.9. The molecule has 0 unspecified atom stereocenters. The lowest BCUT2D eigenvalue weighted by atomic mass is 10.0. The number of amides is 3. The fraction of sp³-hybridized carbons (Fsp3) is 0.222. The number of benzene rings is 3. The molecule has 174 valence electrons. The van der Waals surface area contributed by atoms with Crippen molar-refractivity contribution in [2.45, 2.75) is 0 Å². The summed E-state index contributed by atoms with van der Waals surface area (Å²) in [7, 11) is 0. The van der Waals surface area contributed by atoms with Gasteiger partial charge in [-0.05, 0) is 35.4 Å². The number of nitrogens with one attached hydrogen (secondary N) is 2. The van der Waals surface area contributed by atoms with Gasteiger partial charge >= 0.3 is 0 Å². The molecule has 0 saturated carbocycles. The molecule has 1 heterocycles. The lowest BCUT2D eigenvalue weighted by Crippen LogP contribution is -2.52. The van der Waals surface area contributed by atoms with Gasteiger partial charge in [0.15, 0.2) is 0 Å². The lowest BCUT2D eigenvalue weighted by Gasteiger charge is -2.34. The van der Waals surface area contributed by atoms with E-state index in [0.29, 0.717) is 31.7 Å². The molecule has 3 aromatic rings. The Morgan fingerprint density at radius 3 is 1.94 bits per heavy atom. The van der Waals surface area contributed by atoms with Gasteiger partial charge in [0.2, 0.25) is 11.8 Å². The summed E-state index contributed by atoms with van der Waals surface area (Å²) >= 11 is 0. The van der Waals surface area contributed by atoms with Crippen LogP contribution in [0.5, 0.6) is 0 Å². The number of carbonyl (C=O) groups excluding carboxylic acids is 3. The summed E-state index contributed by atoms with van der Waals surface area (Å²) in [6.45, 7) is 2.52. The summed E-state index contributed by atoms with van der Waals surface area (Å²) in [4.78, 5) is 41.0. The van der Waals surface area contributed by atoms with Gasteiger partial charge in [-0.2, -0.15) is 0 Å². The maximum Gasteiger partial charge on any atom is 0.251 e. The Balaban J connectivity index is 1.19. The topological polar surface area (TPSA) is 81.8 Å². The highest BCUT2D eigenvalue weighted by Gasteiger charge is 2.22. The van der Waals surface area contributed by atoms with Crippen molar-refractivity contribution in [3.63, 3.8) is 0 Å². The highest BCUT2D eigenvalue weighted by atomic mass is 16.2. The van der Waals surface area contributed by atoms with Gasteiger partial charge in [0, 0.05) is 37.4 Å². The maximum atomic E-state index is 12.6. The van der Waals surface area contributed by atoms with Crippen molar-refractivity contribution in [1.82, 2.24) is 15.1 Å². The van der Waals surface area contributed by atoms with Crippen molar-refractivity contribution >= 4 is 23.4 Å². The normalized spacial score (nSPS) is 13.8. The molecule has 0 aliphatic carbocycles. The van der Waals surface area contributed by atoms with E-state index >= 15 is 0 Å². The molecule has 0 radical (unpaired) electrons. The second-order valence-electron chi connectivity index (χ2n) is 8.20. The SMILES string of the molecule is O=C(CN1CCN(C(=O)CNC(=O)c2ccc(-c3ccccc3)cc2)CC1)Nc1ccccc1. The number of anilines is 1. The largest absolute Gasteiger partial charge is 0.343 e. The monoisotopic (exact) mass is 456 g/mol. The molecule has 7 nitrogen and oxygen atoms in total. The molecule has 1 aliphatic rings. The summed E-state index contributed by atoms with van der Waals surface area (Å²) in [6.07, 6.45) is 0. The van der Waals surface area contributed by atoms with E-state index in [4.69, 9.17) is 0 Å². The first-order valence-corrected chi connectivity index (χ1v) is 11.4. The van der Waals surface area contributed by atoms with E-state index in [9.17, 15) is 14.4 Å². The van der Waals surface area contributed by atoms with E-state index < -0.39 is 0 Å². The van der Waals surface area contributed by atoms with E-state index in [1.165, 1.54) is 0 Å². The Labute approximate surface area is 199 Å². The third-order valence-corrected chi connectivity index (χ3v) is 5.80. The number of hydrogen-bond acceptors (Lipinski definition) is 4. The molecule has 3 aromatic carbocycles. The minimum absolute atomic E-state index is 0.0479. The van der Waals surface area contributed by atoms with Crippen LogP contribution in [0.3, 0.4) is 0 Å². The predicted octanol–water partition coefficient (Wildman–Crippen LogP) is 2.87. The molecule has 1 fully saturated rings. The number of carbonyl (C=O) groups is 3. The molecule has 1 aliphatic heterocycles. The van der Waals surface area contributed by atoms with E-state index in [1.54, 1.807) is 17.0 Å². The summed E-state index contributed by atoms with van der Waals surface area (Å²) < 4.78 is 0. The van der Waals surface area contributed by atoms with Gasteiger partial charge in [0.05, 0.1) is 13.1 Å². The third kappa shape index (κ3) is 6.30. The van der Waals surface area contributed by atoms with Crippen molar-refractivity contribution in [3.8, 4) is 11.1 Å². The highest BCUT2D eigenvalue weighted by Crippen LogP contribution is 2.19. The highest BCUT2D eigenvalue weighted by molar-refractivity contribution is 5.97. The van der Waals surface area contributed by atoms with Crippen LogP contribution >= 0.6 is 0 Å². The third-order valence-electron chi connectivity index (χ3n) is 5.80. The van der Waals surface area contributed by atoms with Crippen molar-refractivity contribution < 1.29 is 14.4 Å². The molecule has 34 heavy (non-hydrogen) atoms. The standard InChI is InChI=1S/C27H28N4O3/c32-25(29-24-9-5-2-6-10-24)20-30-15-17-31(18-16-30)26(33)19-28-27(34)23-13-11-22(12-14-23)21-7-3-1-4-8-21/h1-14H,15-20H2,(H,28,34)(H,29,32). The van der Waals surface area contributed by atoms with E-state index in [2.05, 4.69) is 10.6 Å². The number of nitrogens with zero attached hydrogens (tertiary/aromatic N) is 2. The Morgan fingerprint density at radius 1 is 0.706 bits per heavy atom. The Morgan fingerprint density at radius 2 is 1.29 bits per heavy atom. The van der Waals surface area contributed by atoms with Crippen molar-refractivity contribution in [2.75, 3.05) is 44.6 Å². The second-order valence-corrected chi connectivity index (χ2v) is 8.20. The molecule has 0 spiro atoms. The molecule has 2 N–H and O–H groups in total. The smallest absolute Gasteiger partial charge is 0.251 e. The molecular formula is C27H28N4O3. The molecule has 7 heteroatoms. The quantitative estimate of drug-likeness (QED) is 0.573. The molecule has 0 bridgehead atoms. The summed E-state index contributed by atoms with van der Waals surface area (Å²) in [5.74, 6) is -0.469. The first-order valence-electron chi connectivity index (χ1n) is 11.4. The Kier molecular flexibility index (Phi) is 7.67. The number of piperazine rings is 1. The summed E-state index contributed by atoms with van der Waals surface area (Å²) in [5.41, 5.74) is 3.40.